The molecule has 0 amide bonds. The summed E-state index contributed by atoms with van der Waals surface area (Å²) in [6, 6.07) is 10.4. The van der Waals surface area contributed by atoms with E-state index in [9.17, 15) is 5.11 Å². The molecule has 0 radical (unpaired) electrons. The van der Waals surface area contributed by atoms with E-state index in [0.717, 1.165) is 43.4 Å². The summed E-state index contributed by atoms with van der Waals surface area (Å²) in [4.78, 5) is 2.26. The summed E-state index contributed by atoms with van der Waals surface area (Å²) in [5.41, 5.74) is 4.42. The first-order valence-corrected chi connectivity index (χ1v) is 9.02. The van der Waals surface area contributed by atoms with Crippen molar-refractivity contribution in [3.05, 3.63) is 46.5 Å². The van der Waals surface area contributed by atoms with E-state index in [1.807, 2.05) is 6.07 Å². The van der Waals surface area contributed by atoms with Crippen LogP contribution in [-0.2, 0) is 0 Å². The molecule has 1 aromatic carbocycles. The first-order chi connectivity index (χ1) is 10.3. The predicted molar refractivity (Wildman–Crippen MR) is 89.3 cm³/mol. The maximum Gasteiger partial charge on any atom is 0.103 e. The fourth-order valence-electron chi connectivity index (χ4n) is 3.29. The summed E-state index contributed by atoms with van der Waals surface area (Å²) in [5, 5.41) is 11.0. The van der Waals surface area contributed by atoms with Gasteiger partial charge in [0.15, 0.2) is 0 Å². The first-order valence-electron chi connectivity index (χ1n) is 8.21. The smallest absolute Gasteiger partial charge is 0.103 e. The lowest BCUT2D eigenvalue weighted by Gasteiger charge is -2.24. The molecular formula is C19H24OS. The summed E-state index contributed by atoms with van der Waals surface area (Å²) < 4.78 is 0. The largest absolute Gasteiger partial charge is 0.384 e. The Balaban J connectivity index is 1.92. The highest BCUT2D eigenvalue weighted by Gasteiger charge is 2.36. The van der Waals surface area contributed by atoms with E-state index in [1.54, 1.807) is 11.8 Å². The highest BCUT2D eigenvalue weighted by Crippen LogP contribution is 2.43. The monoisotopic (exact) mass is 300 g/mol. The van der Waals surface area contributed by atoms with Gasteiger partial charge in [0.2, 0.25) is 0 Å². The molecule has 2 heteroatoms. The Morgan fingerprint density at radius 3 is 2.29 bits per heavy atom. The molecule has 1 nitrogen and oxygen atoms in total. The van der Waals surface area contributed by atoms with Crippen LogP contribution in [0.1, 0.15) is 57.8 Å². The second-order valence-corrected chi connectivity index (χ2v) is 7.36. The number of hydrogen-bond acceptors (Lipinski definition) is 2. The lowest BCUT2D eigenvalue weighted by molar-refractivity contribution is 0.0953. The van der Waals surface area contributed by atoms with Gasteiger partial charge in [-0.15, -0.1) is 5.73 Å². The van der Waals surface area contributed by atoms with Gasteiger partial charge in [0.1, 0.15) is 5.60 Å². The Bertz CT molecular complexity index is 526. The van der Waals surface area contributed by atoms with Crippen molar-refractivity contribution in [1.29, 1.82) is 0 Å². The highest BCUT2D eigenvalue weighted by atomic mass is 32.2. The van der Waals surface area contributed by atoms with Crippen LogP contribution >= 0.6 is 11.8 Å². The Hall–Kier alpha value is -0.950. The zero-order chi connectivity index (χ0) is 14.5. The molecule has 112 valence electrons. The summed E-state index contributed by atoms with van der Waals surface area (Å²) in [7, 11) is 0. The van der Waals surface area contributed by atoms with Crippen molar-refractivity contribution in [3.8, 4) is 0 Å². The average Bonchev–Trinajstić information content (AvgIpc) is 2.97. The van der Waals surface area contributed by atoms with Crippen LogP contribution in [0.3, 0.4) is 0 Å². The summed E-state index contributed by atoms with van der Waals surface area (Å²) >= 11 is 1.71. The molecule has 0 aliphatic heterocycles. The van der Waals surface area contributed by atoms with Crippen molar-refractivity contribution < 1.29 is 5.11 Å². The average molecular weight is 300 g/mol. The fraction of sp³-hybridized carbons (Fsp3) is 0.526. The molecule has 3 rings (SSSR count). The quantitative estimate of drug-likeness (QED) is 0.591. The van der Waals surface area contributed by atoms with E-state index in [2.05, 4.69) is 30.0 Å². The van der Waals surface area contributed by atoms with Gasteiger partial charge in [0, 0.05) is 4.90 Å². The van der Waals surface area contributed by atoms with E-state index in [-0.39, 0.29) is 0 Å². The zero-order valence-electron chi connectivity index (χ0n) is 12.6. The highest BCUT2D eigenvalue weighted by molar-refractivity contribution is 8.03. The molecule has 1 aromatic rings. The van der Waals surface area contributed by atoms with Crippen LogP contribution in [0.5, 0.6) is 0 Å². The first kappa shape index (κ1) is 15.0. The third-order valence-corrected chi connectivity index (χ3v) is 5.76. The molecule has 0 spiro atoms. The van der Waals surface area contributed by atoms with Crippen LogP contribution in [0, 0.1) is 0 Å². The van der Waals surface area contributed by atoms with E-state index < -0.39 is 5.60 Å². The molecular weight excluding hydrogens is 276 g/mol. The van der Waals surface area contributed by atoms with Crippen molar-refractivity contribution in [2.75, 3.05) is 0 Å². The zero-order valence-corrected chi connectivity index (χ0v) is 13.4. The van der Waals surface area contributed by atoms with Crippen molar-refractivity contribution >= 4 is 11.8 Å². The molecule has 0 atom stereocenters. The Labute approximate surface area is 132 Å². The molecule has 0 bridgehead atoms. The summed E-state index contributed by atoms with van der Waals surface area (Å²) in [5.74, 6) is 0. The van der Waals surface area contributed by atoms with Crippen LogP contribution < -0.4 is 0 Å². The lowest BCUT2D eigenvalue weighted by Crippen LogP contribution is -2.25. The van der Waals surface area contributed by atoms with E-state index in [0.29, 0.717) is 0 Å². The Morgan fingerprint density at radius 2 is 1.62 bits per heavy atom. The Morgan fingerprint density at radius 1 is 0.952 bits per heavy atom. The van der Waals surface area contributed by atoms with Crippen molar-refractivity contribution in [1.82, 2.24) is 0 Å². The summed E-state index contributed by atoms with van der Waals surface area (Å²) in [6.45, 7) is 0. The standard InChI is InChI=1S/C19H24OS/c20-19(13-7-8-14-19)18(15-16-9-3-1-4-10-16)21-17-11-5-2-6-12-17/h2,5-6,11-12,20H,1,3-4,7-10,13-14H2. The molecule has 2 aliphatic rings. The van der Waals surface area contributed by atoms with Gasteiger partial charge in [-0.05, 0) is 56.2 Å². The van der Waals surface area contributed by atoms with Crippen LogP contribution in [-0.4, -0.2) is 10.7 Å². The van der Waals surface area contributed by atoms with Crippen LogP contribution in [0.4, 0.5) is 0 Å². The van der Waals surface area contributed by atoms with Crippen molar-refractivity contribution in [2.45, 2.75) is 68.3 Å². The molecule has 2 saturated carbocycles. The second-order valence-electron chi connectivity index (χ2n) is 6.27. The van der Waals surface area contributed by atoms with Crippen LogP contribution in [0.2, 0.25) is 0 Å². The topological polar surface area (TPSA) is 20.2 Å². The fourth-order valence-corrected chi connectivity index (χ4v) is 4.41. The molecule has 0 saturated heterocycles. The maximum absolute atomic E-state index is 11.0. The summed E-state index contributed by atoms with van der Waals surface area (Å²) in [6.07, 6.45) is 10.3. The van der Waals surface area contributed by atoms with E-state index in [4.69, 9.17) is 0 Å². The van der Waals surface area contributed by atoms with Gasteiger partial charge < -0.3 is 5.11 Å². The van der Waals surface area contributed by atoms with Gasteiger partial charge in [0.25, 0.3) is 0 Å². The van der Waals surface area contributed by atoms with Gasteiger partial charge >= 0.3 is 0 Å². The Kier molecular flexibility index (Phi) is 4.90. The van der Waals surface area contributed by atoms with E-state index in [1.165, 1.54) is 29.7 Å². The predicted octanol–water partition coefficient (Wildman–Crippen LogP) is 5.46. The number of rotatable bonds is 3. The normalized spacial score (nSPS) is 21.1. The number of aliphatic hydroxyl groups is 1. The van der Waals surface area contributed by atoms with Crippen LogP contribution in [0.15, 0.2) is 51.4 Å². The van der Waals surface area contributed by atoms with Crippen LogP contribution in [0.25, 0.3) is 0 Å². The van der Waals surface area contributed by atoms with Crippen molar-refractivity contribution in [3.63, 3.8) is 0 Å². The number of benzene rings is 1. The molecule has 1 N–H and O–H groups in total. The molecule has 0 aromatic heterocycles. The molecule has 0 heterocycles. The van der Waals surface area contributed by atoms with E-state index >= 15 is 0 Å². The molecule has 21 heavy (non-hydrogen) atoms. The maximum atomic E-state index is 11.0. The third kappa shape index (κ3) is 3.83. The SMILES string of the molecule is OC1(C(=C=C2CCCCC2)Sc2ccccc2)CCCC1. The molecule has 2 aliphatic carbocycles. The third-order valence-electron chi connectivity index (χ3n) is 4.56. The minimum atomic E-state index is -0.634. The van der Waals surface area contributed by atoms with Gasteiger partial charge in [0.05, 0.1) is 4.91 Å². The van der Waals surface area contributed by atoms with Gasteiger partial charge in [-0.3, -0.25) is 0 Å². The lowest BCUT2D eigenvalue weighted by atomic mass is 9.94. The van der Waals surface area contributed by atoms with Gasteiger partial charge in [-0.1, -0.05) is 49.2 Å². The minimum Gasteiger partial charge on any atom is -0.384 e. The van der Waals surface area contributed by atoms with Gasteiger partial charge in [-0.25, -0.2) is 0 Å². The molecule has 0 unspecified atom stereocenters. The minimum absolute atomic E-state index is 0.634. The van der Waals surface area contributed by atoms with Crippen molar-refractivity contribution in [2.24, 2.45) is 0 Å². The number of thioether (sulfide) groups is 1. The number of hydrogen-bond donors (Lipinski definition) is 1. The molecule has 2 fully saturated rings. The second kappa shape index (κ2) is 6.87. The van der Waals surface area contributed by atoms with Gasteiger partial charge in [-0.2, -0.15) is 0 Å².